The molecule has 0 bridgehead atoms. The summed E-state index contributed by atoms with van der Waals surface area (Å²) in [5.41, 5.74) is 5.39. The van der Waals surface area contributed by atoms with Crippen LogP contribution in [0, 0.1) is 11.6 Å². The highest BCUT2D eigenvalue weighted by Gasteiger charge is 2.08. The molecule has 0 atom stereocenters. The van der Waals surface area contributed by atoms with Crippen LogP contribution in [0.1, 0.15) is 21.9 Å². The van der Waals surface area contributed by atoms with E-state index < -0.39 is 17.5 Å². The highest BCUT2D eigenvalue weighted by molar-refractivity contribution is 14.0. The average molecular weight is 464 g/mol. The van der Waals surface area contributed by atoms with Gasteiger partial charge in [0, 0.05) is 13.6 Å². The monoisotopic (exact) mass is 464 g/mol. The summed E-state index contributed by atoms with van der Waals surface area (Å²) < 4.78 is 31.9. The van der Waals surface area contributed by atoms with Crippen molar-refractivity contribution in [2.75, 3.05) is 13.6 Å². The van der Waals surface area contributed by atoms with E-state index >= 15 is 0 Å². The van der Waals surface area contributed by atoms with E-state index in [4.69, 9.17) is 10.2 Å². The zero-order valence-corrected chi connectivity index (χ0v) is 15.8. The van der Waals surface area contributed by atoms with Gasteiger partial charge in [-0.2, -0.15) is 0 Å². The lowest BCUT2D eigenvalue weighted by atomic mass is 10.1. The topological polar surface area (TPSA) is 92.6 Å². The van der Waals surface area contributed by atoms with Crippen LogP contribution in [0.5, 0.6) is 0 Å². The zero-order chi connectivity index (χ0) is 17.5. The Morgan fingerprint density at radius 2 is 2.00 bits per heavy atom. The lowest BCUT2D eigenvalue weighted by Crippen LogP contribution is -2.37. The van der Waals surface area contributed by atoms with Crippen molar-refractivity contribution in [3.05, 3.63) is 59.1 Å². The molecule has 136 valence electrons. The van der Waals surface area contributed by atoms with Crippen LogP contribution < -0.4 is 16.4 Å². The Morgan fingerprint density at radius 1 is 1.24 bits per heavy atom. The molecular formula is C16H19F2IN4O2. The molecule has 0 radical (unpaired) electrons. The number of amides is 1. The third kappa shape index (κ3) is 6.33. The van der Waals surface area contributed by atoms with E-state index in [2.05, 4.69) is 15.6 Å². The van der Waals surface area contributed by atoms with Crippen molar-refractivity contribution in [3.63, 3.8) is 0 Å². The smallest absolute Gasteiger partial charge is 0.284 e. The van der Waals surface area contributed by atoms with E-state index in [1.807, 2.05) is 0 Å². The first kappa shape index (κ1) is 20.9. The number of carbonyl (C=O) groups excluding carboxylic acids is 1. The van der Waals surface area contributed by atoms with Crippen LogP contribution in [-0.2, 0) is 13.0 Å². The van der Waals surface area contributed by atoms with Crippen LogP contribution in [0.2, 0.25) is 0 Å². The largest absolute Gasteiger partial charge is 0.454 e. The second-order valence-electron chi connectivity index (χ2n) is 4.97. The number of guanidine groups is 1. The number of furan rings is 1. The molecule has 0 spiro atoms. The van der Waals surface area contributed by atoms with Crippen LogP contribution in [0.3, 0.4) is 0 Å². The molecule has 1 heterocycles. The van der Waals surface area contributed by atoms with Crippen molar-refractivity contribution in [2.24, 2.45) is 10.7 Å². The normalized spacial score (nSPS) is 10.9. The van der Waals surface area contributed by atoms with Gasteiger partial charge in [-0.25, -0.2) is 8.78 Å². The molecule has 2 aromatic rings. The van der Waals surface area contributed by atoms with E-state index in [-0.39, 0.29) is 35.3 Å². The molecule has 2 rings (SSSR count). The molecule has 25 heavy (non-hydrogen) atoms. The maximum Gasteiger partial charge on any atom is 0.284 e. The molecule has 9 heteroatoms. The fourth-order valence-electron chi connectivity index (χ4n) is 2.05. The van der Waals surface area contributed by atoms with Crippen LogP contribution in [0.4, 0.5) is 8.78 Å². The first-order valence-corrected chi connectivity index (χ1v) is 7.26. The fraction of sp³-hybridized carbons (Fsp3) is 0.250. The molecule has 0 saturated carbocycles. The third-order valence-corrected chi connectivity index (χ3v) is 3.25. The van der Waals surface area contributed by atoms with Gasteiger partial charge in [0.1, 0.15) is 17.4 Å². The summed E-state index contributed by atoms with van der Waals surface area (Å²) >= 11 is 0. The highest BCUT2D eigenvalue weighted by atomic mass is 127. The SMILES string of the molecule is CN=C(NCCc1cc(F)ccc1F)NCc1ccc(C(N)=O)o1.I. The molecule has 0 saturated heterocycles. The molecule has 6 nitrogen and oxygen atoms in total. The number of aliphatic imine (C=N–C) groups is 1. The van der Waals surface area contributed by atoms with Crippen molar-refractivity contribution < 1.29 is 18.0 Å². The van der Waals surface area contributed by atoms with Crippen molar-refractivity contribution >= 4 is 35.8 Å². The number of benzene rings is 1. The first-order valence-electron chi connectivity index (χ1n) is 7.26. The molecule has 4 N–H and O–H groups in total. The van der Waals surface area contributed by atoms with Gasteiger partial charge in [-0.15, -0.1) is 24.0 Å². The average Bonchev–Trinajstić information content (AvgIpc) is 3.03. The van der Waals surface area contributed by atoms with Gasteiger partial charge in [0.25, 0.3) is 5.91 Å². The molecule has 0 aliphatic carbocycles. The second kappa shape index (κ2) is 9.97. The highest BCUT2D eigenvalue weighted by Crippen LogP contribution is 2.10. The van der Waals surface area contributed by atoms with Crippen LogP contribution >= 0.6 is 24.0 Å². The Labute approximate surface area is 160 Å². The Hall–Kier alpha value is -2.17. The van der Waals surface area contributed by atoms with Crippen molar-refractivity contribution in [3.8, 4) is 0 Å². The Bertz CT molecular complexity index is 749. The van der Waals surface area contributed by atoms with Crippen molar-refractivity contribution in [1.82, 2.24) is 10.6 Å². The first-order chi connectivity index (χ1) is 11.5. The van der Waals surface area contributed by atoms with Gasteiger partial charge in [0.05, 0.1) is 6.54 Å². The summed E-state index contributed by atoms with van der Waals surface area (Å²) in [6.45, 7) is 0.659. The molecule has 0 aliphatic rings. The minimum absolute atomic E-state index is 0. The summed E-state index contributed by atoms with van der Waals surface area (Å²) in [5, 5.41) is 5.96. The molecule has 0 unspecified atom stereocenters. The molecule has 0 fully saturated rings. The number of nitrogens with two attached hydrogens (primary N) is 1. The number of hydrogen-bond donors (Lipinski definition) is 3. The van der Waals surface area contributed by atoms with E-state index in [9.17, 15) is 13.6 Å². The maximum absolute atomic E-state index is 13.5. The minimum Gasteiger partial charge on any atom is -0.454 e. The van der Waals surface area contributed by atoms with E-state index in [1.165, 1.54) is 12.1 Å². The van der Waals surface area contributed by atoms with Crippen molar-refractivity contribution in [2.45, 2.75) is 13.0 Å². The van der Waals surface area contributed by atoms with Gasteiger partial charge in [0.15, 0.2) is 11.7 Å². The van der Waals surface area contributed by atoms with Gasteiger partial charge in [-0.3, -0.25) is 9.79 Å². The Morgan fingerprint density at radius 3 is 2.64 bits per heavy atom. The van der Waals surface area contributed by atoms with Crippen LogP contribution in [-0.4, -0.2) is 25.5 Å². The van der Waals surface area contributed by atoms with Crippen LogP contribution in [0.15, 0.2) is 39.7 Å². The van der Waals surface area contributed by atoms with E-state index in [1.54, 1.807) is 13.1 Å². The van der Waals surface area contributed by atoms with Gasteiger partial charge in [-0.1, -0.05) is 0 Å². The molecule has 1 aromatic heterocycles. The van der Waals surface area contributed by atoms with E-state index in [0.29, 0.717) is 31.2 Å². The summed E-state index contributed by atoms with van der Waals surface area (Å²) in [4.78, 5) is 15.0. The maximum atomic E-state index is 13.5. The van der Waals surface area contributed by atoms with Gasteiger partial charge in [0.2, 0.25) is 0 Å². The molecule has 1 amide bonds. The van der Waals surface area contributed by atoms with Crippen LogP contribution in [0.25, 0.3) is 0 Å². The number of rotatable bonds is 6. The Balaban J connectivity index is 0.00000312. The van der Waals surface area contributed by atoms with Gasteiger partial charge < -0.3 is 20.8 Å². The molecule has 1 aromatic carbocycles. The molecular weight excluding hydrogens is 445 g/mol. The zero-order valence-electron chi connectivity index (χ0n) is 13.5. The quantitative estimate of drug-likeness (QED) is 0.347. The number of nitrogens with one attached hydrogen (secondary N) is 2. The summed E-state index contributed by atoms with van der Waals surface area (Å²) in [6.07, 6.45) is 0.302. The number of hydrogen-bond acceptors (Lipinski definition) is 3. The van der Waals surface area contributed by atoms with Crippen molar-refractivity contribution in [1.29, 1.82) is 0 Å². The number of primary amides is 1. The minimum atomic E-state index is -0.638. The predicted molar refractivity (Wildman–Crippen MR) is 101 cm³/mol. The standard InChI is InChI=1S/C16H18F2N4O2.HI/c1-20-16(22-9-12-3-5-14(24-12)15(19)23)21-7-6-10-8-11(17)2-4-13(10)18;/h2-5,8H,6-7,9H2,1H3,(H2,19,23)(H2,20,21,22);1H. The summed E-state index contributed by atoms with van der Waals surface area (Å²) in [7, 11) is 1.58. The lowest BCUT2D eigenvalue weighted by Gasteiger charge is -2.11. The summed E-state index contributed by atoms with van der Waals surface area (Å²) in [5.74, 6) is -0.503. The molecule has 0 aliphatic heterocycles. The second-order valence-corrected chi connectivity index (χ2v) is 4.97. The summed E-state index contributed by atoms with van der Waals surface area (Å²) in [6, 6.07) is 6.47. The Kier molecular flexibility index (Phi) is 8.32. The van der Waals surface area contributed by atoms with Gasteiger partial charge >= 0.3 is 0 Å². The van der Waals surface area contributed by atoms with Gasteiger partial charge in [-0.05, 0) is 42.3 Å². The third-order valence-electron chi connectivity index (χ3n) is 3.25. The lowest BCUT2D eigenvalue weighted by molar-refractivity contribution is 0.0972. The number of halogens is 3. The fourth-order valence-corrected chi connectivity index (χ4v) is 2.05. The van der Waals surface area contributed by atoms with E-state index in [0.717, 1.165) is 12.1 Å². The predicted octanol–water partition coefficient (Wildman–Crippen LogP) is 2.18. The number of carbonyl (C=O) groups is 1. The number of nitrogens with zero attached hydrogens (tertiary/aromatic N) is 1.